The molecule has 0 bridgehead atoms. The molecule has 2 heterocycles. The molecule has 0 radical (unpaired) electrons. The number of aliphatic hydroxyl groups excluding tert-OH is 1. The maximum absolute atomic E-state index is 12.7. The Kier molecular flexibility index (Phi) is 3.01. The fourth-order valence-electron chi connectivity index (χ4n) is 3.01. The average molecular weight is 263 g/mol. The zero-order valence-electron chi connectivity index (χ0n) is 11.2. The Morgan fingerprint density at radius 2 is 2.21 bits per heavy atom. The molecule has 3 rings (SSSR count). The van der Waals surface area contributed by atoms with Crippen LogP contribution >= 0.6 is 0 Å². The van der Waals surface area contributed by atoms with E-state index in [4.69, 9.17) is 5.73 Å². The third kappa shape index (κ3) is 2.12. The molecule has 104 valence electrons. The SMILES string of the molecule is CC1CCN(C(=O)c2cc(N)cn2C2CC2)C1CO. The van der Waals surface area contributed by atoms with Gasteiger partial charge in [-0.05, 0) is 31.2 Å². The van der Waals surface area contributed by atoms with Gasteiger partial charge in [0.25, 0.3) is 5.91 Å². The highest BCUT2D eigenvalue weighted by atomic mass is 16.3. The van der Waals surface area contributed by atoms with Crippen LogP contribution in [0.3, 0.4) is 0 Å². The lowest BCUT2D eigenvalue weighted by molar-refractivity contribution is 0.0637. The van der Waals surface area contributed by atoms with Crippen LogP contribution < -0.4 is 5.73 Å². The van der Waals surface area contributed by atoms with E-state index in [1.165, 1.54) is 0 Å². The summed E-state index contributed by atoms with van der Waals surface area (Å²) in [6.07, 6.45) is 5.05. The van der Waals surface area contributed by atoms with E-state index in [0.717, 1.165) is 25.8 Å². The molecule has 2 atom stereocenters. The molecular formula is C14H21N3O2. The summed E-state index contributed by atoms with van der Waals surface area (Å²) in [7, 11) is 0. The van der Waals surface area contributed by atoms with Crippen molar-refractivity contribution in [2.24, 2.45) is 5.92 Å². The summed E-state index contributed by atoms with van der Waals surface area (Å²) in [5.74, 6) is 0.364. The van der Waals surface area contributed by atoms with Crippen LogP contribution in [0.5, 0.6) is 0 Å². The third-order valence-corrected chi connectivity index (χ3v) is 4.36. The van der Waals surface area contributed by atoms with Crippen LogP contribution in [0.1, 0.15) is 42.7 Å². The van der Waals surface area contributed by atoms with Crippen molar-refractivity contribution in [1.29, 1.82) is 0 Å². The fourth-order valence-corrected chi connectivity index (χ4v) is 3.01. The number of carbonyl (C=O) groups is 1. The highest BCUT2D eigenvalue weighted by Crippen LogP contribution is 2.38. The monoisotopic (exact) mass is 263 g/mol. The average Bonchev–Trinajstić information content (AvgIpc) is 3.06. The van der Waals surface area contributed by atoms with Gasteiger partial charge in [-0.25, -0.2) is 0 Å². The lowest BCUT2D eigenvalue weighted by Crippen LogP contribution is -2.40. The highest BCUT2D eigenvalue weighted by Gasteiger charge is 2.37. The number of hydrogen-bond donors (Lipinski definition) is 2. The Morgan fingerprint density at radius 1 is 1.47 bits per heavy atom. The van der Waals surface area contributed by atoms with Gasteiger partial charge in [-0.3, -0.25) is 4.79 Å². The Bertz CT molecular complexity index is 493. The fraction of sp³-hybridized carbons (Fsp3) is 0.643. The van der Waals surface area contributed by atoms with Gasteiger partial charge in [0.2, 0.25) is 0 Å². The minimum absolute atomic E-state index is 0.00648. The number of carbonyl (C=O) groups excluding carboxylic acids is 1. The number of likely N-dealkylation sites (tertiary alicyclic amines) is 1. The van der Waals surface area contributed by atoms with E-state index in [2.05, 4.69) is 6.92 Å². The first-order chi connectivity index (χ1) is 9.11. The number of rotatable bonds is 3. The van der Waals surface area contributed by atoms with Gasteiger partial charge >= 0.3 is 0 Å². The zero-order chi connectivity index (χ0) is 13.6. The minimum Gasteiger partial charge on any atom is -0.397 e. The molecule has 3 N–H and O–H groups in total. The summed E-state index contributed by atoms with van der Waals surface area (Å²) in [5.41, 5.74) is 7.15. The van der Waals surface area contributed by atoms with Crippen molar-refractivity contribution in [2.45, 2.75) is 38.3 Å². The molecule has 0 spiro atoms. The van der Waals surface area contributed by atoms with E-state index in [-0.39, 0.29) is 18.6 Å². The van der Waals surface area contributed by atoms with Gasteiger partial charge < -0.3 is 20.3 Å². The Hall–Kier alpha value is -1.49. The number of nitrogen functional groups attached to an aromatic ring is 1. The molecule has 2 aliphatic rings. The van der Waals surface area contributed by atoms with Crippen LogP contribution in [0.15, 0.2) is 12.3 Å². The number of amides is 1. The van der Waals surface area contributed by atoms with Gasteiger partial charge in [0.15, 0.2) is 0 Å². The molecule has 0 aromatic carbocycles. The number of aliphatic hydroxyl groups is 1. The van der Waals surface area contributed by atoms with E-state index in [1.807, 2.05) is 10.8 Å². The van der Waals surface area contributed by atoms with Crippen molar-refractivity contribution in [2.75, 3.05) is 18.9 Å². The van der Waals surface area contributed by atoms with Crippen LogP contribution in [-0.2, 0) is 0 Å². The summed E-state index contributed by atoms with van der Waals surface area (Å²) >= 11 is 0. The van der Waals surface area contributed by atoms with Gasteiger partial charge in [-0.2, -0.15) is 0 Å². The standard InChI is InChI=1S/C14H21N3O2/c1-9-4-5-16(13(9)8-18)14(19)12-6-10(15)7-17(12)11-2-3-11/h6-7,9,11,13,18H,2-5,8,15H2,1H3. The lowest BCUT2D eigenvalue weighted by Gasteiger charge is -2.25. The molecule has 5 nitrogen and oxygen atoms in total. The van der Waals surface area contributed by atoms with Crippen molar-refractivity contribution < 1.29 is 9.90 Å². The molecule has 1 aliphatic heterocycles. The van der Waals surface area contributed by atoms with Gasteiger partial charge in [-0.1, -0.05) is 6.92 Å². The molecule has 1 saturated carbocycles. The first kappa shape index (κ1) is 12.5. The smallest absolute Gasteiger partial charge is 0.270 e. The molecule has 2 unspecified atom stereocenters. The summed E-state index contributed by atoms with van der Waals surface area (Å²) in [6.45, 7) is 2.84. The number of nitrogens with zero attached hydrogens (tertiary/aromatic N) is 2. The van der Waals surface area contributed by atoms with Crippen molar-refractivity contribution in [3.05, 3.63) is 18.0 Å². The molecule has 5 heteroatoms. The molecule has 1 aromatic rings. The Balaban J connectivity index is 1.87. The van der Waals surface area contributed by atoms with E-state index >= 15 is 0 Å². The molecule has 2 fully saturated rings. The quantitative estimate of drug-likeness (QED) is 0.862. The second kappa shape index (κ2) is 4.56. The molecule has 1 saturated heterocycles. The third-order valence-electron chi connectivity index (χ3n) is 4.36. The number of hydrogen-bond acceptors (Lipinski definition) is 3. The van der Waals surface area contributed by atoms with E-state index in [0.29, 0.717) is 23.3 Å². The summed E-state index contributed by atoms with van der Waals surface area (Å²) in [4.78, 5) is 14.5. The minimum atomic E-state index is -0.0590. The second-order valence-corrected chi connectivity index (χ2v) is 5.81. The van der Waals surface area contributed by atoms with E-state index in [9.17, 15) is 9.90 Å². The van der Waals surface area contributed by atoms with Crippen molar-refractivity contribution >= 4 is 11.6 Å². The first-order valence-electron chi connectivity index (χ1n) is 7.01. The molecule has 1 aliphatic carbocycles. The van der Waals surface area contributed by atoms with Crippen LogP contribution in [-0.4, -0.2) is 39.7 Å². The summed E-state index contributed by atoms with van der Waals surface area (Å²) in [5, 5.41) is 9.47. The molecule has 19 heavy (non-hydrogen) atoms. The van der Waals surface area contributed by atoms with Crippen LogP contribution in [0.25, 0.3) is 0 Å². The molecular weight excluding hydrogens is 242 g/mol. The van der Waals surface area contributed by atoms with Gasteiger partial charge in [0.1, 0.15) is 5.69 Å². The molecule has 1 amide bonds. The summed E-state index contributed by atoms with van der Waals surface area (Å²) in [6, 6.07) is 2.14. The van der Waals surface area contributed by atoms with Gasteiger partial charge in [-0.15, -0.1) is 0 Å². The van der Waals surface area contributed by atoms with Crippen LogP contribution in [0.4, 0.5) is 5.69 Å². The number of aromatic nitrogens is 1. The van der Waals surface area contributed by atoms with Crippen molar-refractivity contribution in [3.8, 4) is 0 Å². The number of nitrogens with two attached hydrogens (primary N) is 1. The van der Waals surface area contributed by atoms with Crippen LogP contribution in [0, 0.1) is 5.92 Å². The van der Waals surface area contributed by atoms with E-state index in [1.54, 1.807) is 11.0 Å². The lowest BCUT2D eigenvalue weighted by atomic mass is 10.0. The highest BCUT2D eigenvalue weighted by molar-refractivity contribution is 5.94. The number of anilines is 1. The topological polar surface area (TPSA) is 71.5 Å². The summed E-state index contributed by atoms with van der Waals surface area (Å²) < 4.78 is 2.01. The van der Waals surface area contributed by atoms with Crippen LogP contribution in [0.2, 0.25) is 0 Å². The largest absolute Gasteiger partial charge is 0.397 e. The zero-order valence-corrected chi connectivity index (χ0v) is 11.2. The van der Waals surface area contributed by atoms with Crippen molar-refractivity contribution in [3.63, 3.8) is 0 Å². The van der Waals surface area contributed by atoms with E-state index < -0.39 is 0 Å². The van der Waals surface area contributed by atoms with Gasteiger partial charge in [0, 0.05) is 18.8 Å². The van der Waals surface area contributed by atoms with Crippen molar-refractivity contribution in [1.82, 2.24) is 9.47 Å². The maximum Gasteiger partial charge on any atom is 0.270 e. The predicted octanol–water partition coefficient (Wildman–Crippen LogP) is 1.25. The predicted molar refractivity (Wildman–Crippen MR) is 72.8 cm³/mol. The first-order valence-corrected chi connectivity index (χ1v) is 7.01. The Labute approximate surface area is 113 Å². The second-order valence-electron chi connectivity index (χ2n) is 5.81. The normalized spacial score (nSPS) is 26.9. The maximum atomic E-state index is 12.7. The Morgan fingerprint density at radius 3 is 2.84 bits per heavy atom. The van der Waals surface area contributed by atoms with Gasteiger partial charge in [0.05, 0.1) is 18.3 Å². The molecule has 1 aromatic heterocycles.